The van der Waals surface area contributed by atoms with Crippen molar-refractivity contribution in [3.63, 3.8) is 0 Å². The second kappa shape index (κ2) is 7.17. The molecule has 0 N–H and O–H groups in total. The normalized spacial score (nSPS) is 20.8. The molecule has 1 saturated heterocycles. The number of ether oxygens (including phenoxy) is 1. The summed E-state index contributed by atoms with van der Waals surface area (Å²) in [6, 6.07) is 3.75. The summed E-state index contributed by atoms with van der Waals surface area (Å²) < 4.78 is 9.13. The van der Waals surface area contributed by atoms with E-state index < -0.39 is 0 Å². The van der Waals surface area contributed by atoms with Gasteiger partial charge < -0.3 is 18.8 Å². The Hall–Kier alpha value is -2.24. The summed E-state index contributed by atoms with van der Waals surface area (Å²) in [6.45, 7) is 9.76. The Bertz CT molecular complexity index is 808. The lowest BCUT2D eigenvalue weighted by Crippen LogP contribution is -2.44. The quantitative estimate of drug-likeness (QED) is 0.789. The number of carbonyl (C=O) groups excluding carboxylic acids is 2. The summed E-state index contributed by atoms with van der Waals surface area (Å²) in [5.74, 6) is 0.691. The number of nitrogens with zero attached hydrogens (tertiary/aromatic N) is 3. The van der Waals surface area contributed by atoms with Crippen molar-refractivity contribution in [1.29, 1.82) is 0 Å². The molecule has 6 heteroatoms. The molecule has 6 nitrogen and oxygen atoms in total. The molecular formula is C20H29N3O3. The van der Waals surface area contributed by atoms with Crippen molar-refractivity contribution in [2.24, 2.45) is 18.9 Å². The van der Waals surface area contributed by atoms with Gasteiger partial charge in [0.05, 0.1) is 17.1 Å². The summed E-state index contributed by atoms with van der Waals surface area (Å²) >= 11 is 0. The number of hydrogen-bond donors (Lipinski definition) is 0. The maximum atomic E-state index is 13.0. The van der Waals surface area contributed by atoms with Gasteiger partial charge >= 0.3 is 5.97 Å². The Labute approximate surface area is 154 Å². The standard InChI is InChI=1S/C20H29N3O3/c1-13(2)26-20(25)18-9-17-16(6-7-21(17)5)23(18)12-19(24)22-10-14(3)8-15(4)11-22/h6-7,9,13-15H,8,10-12H2,1-5H3/t14-,15+. The van der Waals surface area contributed by atoms with Crippen molar-refractivity contribution >= 4 is 22.9 Å². The number of fused-ring (bicyclic) bond motifs is 1. The number of carbonyl (C=O) groups is 2. The summed E-state index contributed by atoms with van der Waals surface area (Å²) in [5.41, 5.74) is 2.25. The molecular weight excluding hydrogens is 330 g/mol. The second-order valence-corrected chi connectivity index (χ2v) is 8.01. The summed E-state index contributed by atoms with van der Waals surface area (Å²) in [6.07, 6.45) is 2.89. The Morgan fingerprint density at radius 2 is 1.85 bits per heavy atom. The maximum Gasteiger partial charge on any atom is 0.355 e. The Balaban J connectivity index is 1.90. The van der Waals surface area contributed by atoms with Gasteiger partial charge in [-0.3, -0.25) is 4.79 Å². The summed E-state index contributed by atoms with van der Waals surface area (Å²) in [4.78, 5) is 27.4. The molecule has 1 aliphatic rings. The van der Waals surface area contributed by atoms with Gasteiger partial charge in [-0.1, -0.05) is 13.8 Å². The van der Waals surface area contributed by atoms with E-state index in [1.54, 1.807) is 4.57 Å². The maximum absolute atomic E-state index is 13.0. The van der Waals surface area contributed by atoms with Gasteiger partial charge in [0.2, 0.25) is 5.91 Å². The second-order valence-electron chi connectivity index (χ2n) is 8.01. The van der Waals surface area contributed by atoms with Crippen LogP contribution in [0.25, 0.3) is 11.0 Å². The molecule has 0 spiro atoms. The van der Waals surface area contributed by atoms with Crippen LogP contribution >= 0.6 is 0 Å². The SMILES string of the molecule is CC(C)OC(=O)c1cc2c(ccn2C)n1CC(=O)N1C[C@H](C)C[C@H](C)C1. The molecule has 26 heavy (non-hydrogen) atoms. The van der Waals surface area contributed by atoms with Gasteiger partial charge in [-0.25, -0.2) is 4.79 Å². The topological polar surface area (TPSA) is 56.5 Å². The molecule has 3 heterocycles. The third kappa shape index (κ3) is 3.64. The molecule has 1 amide bonds. The highest BCUT2D eigenvalue weighted by Crippen LogP contribution is 2.24. The van der Waals surface area contributed by atoms with Crippen molar-refractivity contribution in [1.82, 2.24) is 14.0 Å². The molecule has 2 aromatic heterocycles. The van der Waals surface area contributed by atoms with E-state index >= 15 is 0 Å². The number of aromatic nitrogens is 2. The zero-order valence-corrected chi connectivity index (χ0v) is 16.4. The molecule has 0 aromatic carbocycles. The van der Waals surface area contributed by atoms with Crippen LogP contribution in [-0.4, -0.2) is 45.1 Å². The molecule has 0 bridgehead atoms. The van der Waals surface area contributed by atoms with E-state index in [1.807, 2.05) is 48.7 Å². The van der Waals surface area contributed by atoms with Crippen LogP contribution in [0.1, 0.15) is 44.6 Å². The average molecular weight is 359 g/mol. The molecule has 1 fully saturated rings. The molecule has 2 aromatic rings. The number of rotatable bonds is 4. The fraction of sp³-hybridized carbons (Fsp3) is 0.600. The van der Waals surface area contributed by atoms with Gasteiger partial charge in [0.15, 0.2) is 0 Å². The number of piperidine rings is 1. The van der Waals surface area contributed by atoms with Crippen molar-refractivity contribution in [3.8, 4) is 0 Å². The van der Waals surface area contributed by atoms with Gasteiger partial charge in [0.25, 0.3) is 0 Å². The zero-order chi connectivity index (χ0) is 19.0. The Morgan fingerprint density at radius 1 is 1.19 bits per heavy atom. The smallest absolute Gasteiger partial charge is 0.355 e. The molecule has 0 unspecified atom stereocenters. The van der Waals surface area contributed by atoms with E-state index in [2.05, 4.69) is 13.8 Å². The fourth-order valence-electron chi connectivity index (χ4n) is 3.99. The van der Waals surface area contributed by atoms with Crippen molar-refractivity contribution in [2.75, 3.05) is 13.1 Å². The molecule has 3 rings (SSSR count). The number of hydrogen-bond acceptors (Lipinski definition) is 3. The first-order valence-electron chi connectivity index (χ1n) is 9.39. The van der Waals surface area contributed by atoms with Crippen molar-refractivity contribution < 1.29 is 14.3 Å². The Kier molecular flexibility index (Phi) is 5.12. The summed E-state index contributed by atoms with van der Waals surface area (Å²) in [5, 5.41) is 0. The van der Waals surface area contributed by atoms with Crippen LogP contribution in [-0.2, 0) is 23.1 Å². The zero-order valence-electron chi connectivity index (χ0n) is 16.4. The molecule has 0 saturated carbocycles. The third-order valence-corrected chi connectivity index (χ3v) is 5.02. The van der Waals surface area contributed by atoms with Crippen LogP contribution in [0.5, 0.6) is 0 Å². The highest BCUT2D eigenvalue weighted by Gasteiger charge is 2.27. The van der Waals surface area contributed by atoms with E-state index in [1.165, 1.54) is 0 Å². The first-order chi connectivity index (χ1) is 12.3. The van der Waals surface area contributed by atoms with Gasteiger partial charge in [0.1, 0.15) is 12.2 Å². The highest BCUT2D eigenvalue weighted by molar-refractivity contribution is 5.96. The van der Waals surface area contributed by atoms with E-state index in [9.17, 15) is 9.59 Å². The monoisotopic (exact) mass is 359 g/mol. The van der Waals surface area contributed by atoms with Gasteiger partial charge in [-0.2, -0.15) is 0 Å². The lowest BCUT2D eigenvalue weighted by molar-refractivity contribution is -0.134. The minimum Gasteiger partial charge on any atom is -0.458 e. The molecule has 0 aliphatic carbocycles. The number of likely N-dealkylation sites (tertiary alicyclic amines) is 1. The minimum absolute atomic E-state index is 0.0587. The highest BCUT2D eigenvalue weighted by atomic mass is 16.5. The Morgan fingerprint density at radius 3 is 2.46 bits per heavy atom. The number of amides is 1. The third-order valence-electron chi connectivity index (χ3n) is 5.02. The van der Waals surface area contributed by atoms with Gasteiger partial charge in [0, 0.05) is 26.3 Å². The predicted octanol–water partition coefficient (Wildman–Crippen LogP) is 3.05. The van der Waals surface area contributed by atoms with E-state index in [0.717, 1.165) is 30.5 Å². The largest absolute Gasteiger partial charge is 0.458 e. The van der Waals surface area contributed by atoms with Crippen LogP contribution in [0, 0.1) is 11.8 Å². The van der Waals surface area contributed by atoms with Crippen LogP contribution in [0.15, 0.2) is 18.3 Å². The first kappa shape index (κ1) is 18.5. The van der Waals surface area contributed by atoms with Crippen LogP contribution in [0.3, 0.4) is 0 Å². The van der Waals surface area contributed by atoms with E-state index in [0.29, 0.717) is 17.5 Å². The predicted molar refractivity (Wildman–Crippen MR) is 101 cm³/mol. The fourth-order valence-corrected chi connectivity index (χ4v) is 3.99. The average Bonchev–Trinajstić information content (AvgIpc) is 3.07. The van der Waals surface area contributed by atoms with E-state index in [4.69, 9.17) is 4.74 Å². The molecule has 1 aliphatic heterocycles. The van der Waals surface area contributed by atoms with Gasteiger partial charge in [-0.05, 0) is 44.2 Å². The van der Waals surface area contributed by atoms with Crippen LogP contribution in [0.2, 0.25) is 0 Å². The molecule has 142 valence electrons. The first-order valence-corrected chi connectivity index (χ1v) is 9.39. The molecule has 0 radical (unpaired) electrons. The van der Waals surface area contributed by atoms with Crippen molar-refractivity contribution in [2.45, 2.75) is 46.8 Å². The minimum atomic E-state index is -0.385. The van der Waals surface area contributed by atoms with Gasteiger partial charge in [-0.15, -0.1) is 0 Å². The lowest BCUT2D eigenvalue weighted by atomic mass is 9.92. The van der Waals surface area contributed by atoms with Crippen molar-refractivity contribution in [3.05, 3.63) is 24.0 Å². The summed E-state index contributed by atoms with van der Waals surface area (Å²) in [7, 11) is 1.93. The number of aryl methyl sites for hydroxylation is 1. The number of esters is 1. The van der Waals surface area contributed by atoms with Crippen LogP contribution < -0.4 is 0 Å². The van der Waals surface area contributed by atoms with Crippen LogP contribution in [0.4, 0.5) is 0 Å². The lowest BCUT2D eigenvalue weighted by Gasteiger charge is -2.35. The molecule has 2 atom stereocenters. The van der Waals surface area contributed by atoms with E-state index in [-0.39, 0.29) is 24.5 Å².